The Kier molecular flexibility index (Phi) is 4.90. The van der Waals surface area contributed by atoms with E-state index in [2.05, 4.69) is 17.2 Å². The van der Waals surface area contributed by atoms with Crippen molar-refractivity contribution in [2.45, 2.75) is 39.2 Å². The number of rotatable bonds is 5. The zero-order chi connectivity index (χ0) is 13.7. The topological polar surface area (TPSA) is 71.2 Å². The van der Waals surface area contributed by atoms with Gasteiger partial charge in [0.05, 0.1) is 5.69 Å². The molecule has 0 radical (unpaired) electrons. The molecule has 0 spiro atoms. The van der Waals surface area contributed by atoms with Gasteiger partial charge in [0.1, 0.15) is 6.54 Å². The third kappa shape index (κ3) is 4.02. The van der Waals surface area contributed by atoms with Crippen LogP contribution in [0.25, 0.3) is 0 Å². The zero-order valence-corrected chi connectivity index (χ0v) is 11.5. The van der Waals surface area contributed by atoms with E-state index in [4.69, 9.17) is 5.11 Å². The monoisotopic (exact) mass is 266 g/mol. The lowest BCUT2D eigenvalue weighted by Gasteiger charge is -2.30. The molecule has 1 N–H and O–H groups in total. The van der Waals surface area contributed by atoms with Crippen molar-refractivity contribution in [1.82, 2.24) is 19.9 Å². The molecule has 1 aromatic heterocycles. The summed E-state index contributed by atoms with van der Waals surface area (Å²) in [6, 6.07) is 0. The van der Waals surface area contributed by atoms with Crippen molar-refractivity contribution in [3.05, 3.63) is 11.9 Å². The summed E-state index contributed by atoms with van der Waals surface area (Å²) in [4.78, 5) is 14.0. The Morgan fingerprint density at radius 3 is 2.89 bits per heavy atom. The van der Waals surface area contributed by atoms with Crippen LogP contribution in [0.5, 0.6) is 0 Å². The van der Waals surface area contributed by atoms with Gasteiger partial charge in [-0.2, -0.15) is 0 Å². The lowest BCUT2D eigenvalue weighted by atomic mass is 9.99. The number of aliphatic hydroxyl groups excluding tert-OH is 1. The second-order valence-corrected chi connectivity index (χ2v) is 5.30. The highest BCUT2D eigenvalue weighted by atomic mass is 16.2. The summed E-state index contributed by atoms with van der Waals surface area (Å²) >= 11 is 0. The normalized spacial score (nSPS) is 16.8. The Bertz CT molecular complexity index is 411. The molecule has 1 amide bonds. The van der Waals surface area contributed by atoms with E-state index in [1.54, 1.807) is 10.9 Å². The van der Waals surface area contributed by atoms with Crippen LogP contribution in [0.3, 0.4) is 0 Å². The maximum Gasteiger partial charge on any atom is 0.244 e. The Hall–Kier alpha value is -1.43. The van der Waals surface area contributed by atoms with Gasteiger partial charge >= 0.3 is 0 Å². The van der Waals surface area contributed by atoms with Gasteiger partial charge in [0.15, 0.2) is 0 Å². The van der Waals surface area contributed by atoms with Gasteiger partial charge in [-0.3, -0.25) is 4.79 Å². The molecule has 1 aliphatic heterocycles. The fourth-order valence-corrected chi connectivity index (χ4v) is 2.29. The molecule has 2 heterocycles. The van der Waals surface area contributed by atoms with Gasteiger partial charge < -0.3 is 10.0 Å². The minimum absolute atomic E-state index is 0.116. The van der Waals surface area contributed by atoms with Crippen molar-refractivity contribution in [2.24, 2.45) is 5.92 Å². The summed E-state index contributed by atoms with van der Waals surface area (Å²) < 4.78 is 1.59. The van der Waals surface area contributed by atoms with Crippen molar-refractivity contribution in [3.63, 3.8) is 0 Å². The number of carbonyl (C=O) groups is 1. The standard InChI is InChI=1S/C13H22N4O2/c1-11-4-6-16(7-5-11)13(19)10-17-9-12(14-15-17)3-2-8-18/h9,11,18H,2-8,10H2,1H3. The quantitative estimate of drug-likeness (QED) is 0.840. The Morgan fingerprint density at radius 2 is 2.21 bits per heavy atom. The highest BCUT2D eigenvalue weighted by Crippen LogP contribution is 2.16. The van der Waals surface area contributed by atoms with Crippen LogP contribution >= 0.6 is 0 Å². The third-order valence-corrected chi connectivity index (χ3v) is 3.61. The van der Waals surface area contributed by atoms with Gasteiger partial charge in [-0.1, -0.05) is 12.1 Å². The fraction of sp³-hybridized carbons (Fsp3) is 0.769. The molecule has 0 aromatic carbocycles. The average Bonchev–Trinajstić information content (AvgIpc) is 2.84. The molecule has 0 aliphatic carbocycles. The summed E-state index contributed by atoms with van der Waals surface area (Å²) in [5, 5.41) is 16.7. The van der Waals surface area contributed by atoms with Crippen LogP contribution in [0.2, 0.25) is 0 Å². The summed E-state index contributed by atoms with van der Waals surface area (Å²) in [6.07, 6.45) is 5.35. The summed E-state index contributed by atoms with van der Waals surface area (Å²) in [5.74, 6) is 0.839. The van der Waals surface area contributed by atoms with Crippen molar-refractivity contribution < 1.29 is 9.90 Å². The van der Waals surface area contributed by atoms with Crippen molar-refractivity contribution in [3.8, 4) is 0 Å². The number of nitrogens with zero attached hydrogens (tertiary/aromatic N) is 4. The number of aryl methyl sites for hydroxylation is 1. The molecular weight excluding hydrogens is 244 g/mol. The SMILES string of the molecule is CC1CCN(C(=O)Cn2cc(CCCO)nn2)CC1. The predicted molar refractivity (Wildman–Crippen MR) is 70.4 cm³/mol. The molecule has 0 bridgehead atoms. The highest BCUT2D eigenvalue weighted by Gasteiger charge is 2.20. The van der Waals surface area contributed by atoms with Crippen LogP contribution in [0.15, 0.2) is 6.20 Å². The molecule has 1 saturated heterocycles. The first-order chi connectivity index (χ1) is 9.19. The first-order valence-corrected chi connectivity index (χ1v) is 6.96. The molecule has 1 aromatic rings. The minimum atomic E-state index is 0.116. The molecule has 1 fully saturated rings. The third-order valence-electron chi connectivity index (χ3n) is 3.61. The molecule has 0 unspecified atom stereocenters. The highest BCUT2D eigenvalue weighted by molar-refractivity contribution is 5.75. The van der Waals surface area contributed by atoms with E-state index in [1.165, 1.54) is 0 Å². The maximum absolute atomic E-state index is 12.1. The summed E-state index contributed by atoms with van der Waals surface area (Å²) in [7, 11) is 0. The van der Waals surface area contributed by atoms with Crippen LogP contribution in [-0.4, -0.2) is 50.6 Å². The number of likely N-dealkylation sites (tertiary alicyclic amines) is 1. The number of hydrogen-bond acceptors (Lipinski definition) is 4. The Morgan fingerprint density at radius 1 is 1.47 bits per heavy atom. The number of piperidine rings is 1. The van der Waals surface area contributed by atoms with Crippen LogP contribution in [-0.2, 0) is 17.8 Å². The molecule has 0 saturated carbocycles. The van der Waals surface area contributed by atoms with Crippen molar-refractivity contribution in [2.75, 3.05) is 19.7 Å². The van der Waals surface area contributed by atoms with Crippen LogP contribution in [0.4, 0.5) is 0 Å². The van der Waals surface area contributed by atoms with Gasteiger partial charge in [-0.15, -0.1) is 5.10 Å². The predicted octanol–water partition coefficient (Wildman–Crippen LogP) is 0.461. The second kappa shape index (κ2) is 6.65. The van der Waals surface area contributed by atoms with E-state index in [-0.39, 0.29) is 19.1 Å². The number of aromatic nitrogens is 3. The largest absolute Gasteiger partial charge is 0.396 e. The van der Waals surface area contributed by atoms with E-state index < -0.39 is 0 Å². The summed E-state index contributed by atoms with van der Waals surface area (Å²) in [6.45, 7) is 4.35. The van der Waals surface area contributed by atoms with Crippen LogP contribution in [0, 0.1) is 5.92 Å². The van der Waals surface area contributed by atoms with E-state index >= 15 is 0 Å². The number of aliphatic hydroxyl groups is 1. The molecular formula is C13H22N4O2. The molecule has 1 aliphatic rings. The zero-order valence-electron chi connectivity index (χ0n) is 11.5. The van der Waals surface area contributed by atoms with E-state index in [0.717, 1.165) is 37.5 Å². The van der Waals surface area contributed by atoms with Gasteiger partial charge in [-0.05, 0) is 31.6 Å². The Balaban J connectivity index is 1.83. The molecule has 6 nitrogen and oxygen atoms in total. The van der Waals surface area contributed by atoms with E-state index in [0.29, 0.717) is 12.8 Å². The lowest BCUT2D eigenvalue weighted by Crippen LogP contribution is -2.39. The minimum Gasteiger partial charge on any atom is -0.396 e. The van der Waals surface area contributed by atoms with E-state index in [9.17, 15) is 4.79 Å². The van der Waals surface area contributed by atoms with Gasteiger partial charge in [0.25, 0.3) is 0 Å². The first kappa shape index (κ1) is 14.0. The van der Waals surface area contributed by atoms with Gasteiger partial charge in [0.2, 0.25) is 5.91 Å². The van der Waals surface area contributed by atoms with Gasteiger partial charge in [-0.25, -0.2) is 4.68 Å². The smallest absolute Gasteiger partial charge is 0.244 e. The van der Waals surface area contributed by atoms with Gasteiger partial charge in [0, 0.05) is 25.9 Å². The van der Waals surface area contributed by atoms with Crippen LogP contribution in [0.1, 0.15) is 31.9 Å². The van der Waals surface area contributed by atoms with Crippen molar-refractivity contribution in [1.29, 1.82) is 0 Å². The lowest BCUT2D eigenvalue weighted by molar-refractivity contribution is -0.133. The van der Waals surface area contributed by atoms with E-state index in [1.807, 2.05) is 4.90 Å². The Labute approximate surface area is 113 Å². The number of amides is 1. The average molecular weight is 266 g/mol. The summed E-state index contributed by atoms with van der Waals surface area (Å²) in [5.41, 5.74) is 0.828. The number of carbonyl (C=O) groups excluding carboxylic acids is 1. The fourth-order valence-electron chi connectivity index (χ4n) is 2.29. The second-order valence-electron chi connectivity index (χ2n) is 5.30. The molecule has 19 heavy (non-hydrogen) atoms. The molecule has 6 heteroatoms. The van der Waals surface area contributed by atoms with Crippen LogP contribution < -0.4 is 0 Å². The molecule has 2 rings (SSSR count). The maximum atomic E-state index is 12.1. The van der Waals surface area contributed by atoms with Crippen molar-refractivity contribution >= 4 is 5.91 Å². The molecule has 106 valence electrons. The number of hydrogen-bond donors (Lipinski definition) is 1. The molecule has 0 atom stereocenters. The first-order valence-electron chi connectivity index (χ1n) is 6.96.